The molecule has 0 aliphatic carbocycles. The van der Waals surface area contributed by atoms with E-state index in [0.717, 1.165) is 38.5 Å². The van der Waals surface area contributed by atoms with Crippen LogP contribution in [-0.4, -0.2) is 117 Å². The first kappa shape index (κ1) is 39.9. The highest BCUT2D eigenvalue weighted by molar-refractivity contribution is 6.07. The Balaban J connectivity index is 1.34. The number of aromatic nitrogens is 1. The smallest absolute Gasteiger partial charge is 0.343 e. The van der Waals surface area contributed by atoms with Gasteiger partial charge >= 0.3 is 5.97 Å². The minimum atomic E-state index is -0.873. The zero-order valence-electron chi connectivity index (χ0n) is 31.3. The number of benzene rings is 2. The van der Waals surface area contributed by atoms with Crippen LogP contribution in [0.1, 0.15) is 36.0 Å². The first-order chi connectivity index (χ1) is 26.9. The maximum absolute atomic E-state index is 14.5. The number of nitrogens with one attached hydrogen (secondary N) is 1. The second-order valence-electron chi connectivity index (χ2n) is 12.8. The molecule has 0 bridgehead atoms. The maximum atomic E-state index is 14.5. The largest absolute Gasteiger partial charge is 0.464 e. The van der Waals surface area contributed by atoms with Gasteiger partial charge in [-0.15, -0.1) is 0 Å². The minimum absolute atomic E-state index is 0.00122. The molecule has 2 unspecified atom stereocenters. The molecule has 2 aromatic carbocycles. The Morgan fingerprint density at radius 1 is 0.836 bits per heavy atom. The number of hydrogen-bond donors (Lipinski definition) is 1. The number of H-pyrrole nitrogens is 1. The third-order valence-corrected chi connectivity index (χ3v) is 9.09. The van der Waals surface area contributed by atoms with Crippen LogP contribution in [0.15, 0.2) is 44.7 Å². The van der Waals surface area contributed by atoms with Crippen LogP contribution in [0.5, 0.6) is 23.0 Å². The van der Waals surface area contributed by atoms with Crippen LogP contribution in [0.25, 0.3) is 33.0 Å². The van der Waals surface area contributed by atoms with Crippen molar-refractivity contribution in [2.24, 2.45) is 0 Å². The molecule has 2 aliphatic heterocycles. The van der Waals surface area contributed by atoms with E-state index in [0.29, 0.717) is 31.0 Å². The van der Waals surface area contributed by atoms with Gasteiger partial charge in [-0.2, -0.15) is 0 Å². The third-order valence-electron chi connectivity index (χ3n) is 9.09. The van der Waals surface area contributed by atoms with E-state index in [4.69, 9.17) is 56.5 Å². The summed E-state index contributed by atoms with van der Waals surface area (Å²) in [6.07, 6.45) is 6.18. The van der Waals surface area contributed by atoms with Crippen molar-refractivity contribution in [3.05, 3.63) is 56.7 Å². The molecule has 0 amide bonds. The Labute approximate surface area is 316 Å². The number of ether oxygens (including phenoxy) is 11. The fourth-order valence-corrected chi connectivity index (χ4v) is 6.50. The summed E-state index contributed by atoms with van der Waals surface area (Å²) in [5, 5.41) is -0.00633. The molecular formula is C38H46N2O15. The van der Waals surface area contributed by atoms with Gasteiger partial charge in [0.15, 0.2) is 61.9 Å². The van der Waals surface area contributed by atoms with E-state index < -0.39 is 16.8 Å². The molecule has 0 saturated carbocycles. The van der Waals surface area contributed by atoms with Gasteiger partial charge in [0.2, 0.25) is 5.43 Å². The lowest BCUT2D eigenvalue weighted by atomic mass is 10.0. The first-order valence-corrected chi connectivity index (χ1v) is 17.8. The summed E-state index contributed by atoms with van der Waals surface area (Å²) in [7, 11) is 5.75. The average Bonchev–Trinajstić information content (AvgIpc) is 3.64. The molecule has 17 nitrogen and oxygen atoms in total. The normalized spacial score (nSPS) is 17.5. The van der Waals surface area contributed by atoms with Gasteiger partial charge in [0, 0.05) is 73.0 Å². The molecule has 17 heteroatoms. The van der Waals surface area contributed by atoms with Crippen LogP contribution in [0, 0.1) is 0 Å². The van der Waals surface area contributed by atoms with Crippen molar-refractivity contribution in [2.45, 2.75) is 38.1 Å². The molecular weight excluding hydrogens is 724 g/mol. The summed E-state index contributed by atoms with van der Waals surface area (Å²) in [5.74, 6) is -0.452. The monoisotopic (exact) mass is 770 g/mol. The van der Waals surface area contributed by atoms with Crippen molar-refractivity contribution in [1.82, 2.24) is 9.88 Å². The molecule has 55 heavy (non-hydrogen) atoms. The van der Waals surface area contributed by atoms with Crippen LogP contribution >= 0.6 is 0 Å². The molecule has 6 rings (SSSR count). The molecule has 0 spiro atoms. The third kappa shape index (κ3) is 9.38. The maximum Gasteiger partial charge on any atom is 0.343 e. The number of likely N-dealkylation sites (tertiary alicyclic amines) is 1. The van der Waals surface area contributed by atoms with E-state index >= 15 is 0 Å². The van der Waals surface area contributed by atoms with E-state index in [9.17, 15) is 14.4 Å². The van der Waals surface area contributed by atoms with Crippen LogP contribution in [0.2, 0.25) is 0 Å². The highest BCUT2D eigenvalue weighted by atomic mass is 16.7. The van der Waals surface area contributed by atoms with Crippen molar-refractivity contribution >= 4 is 27.8 Å². The van der Waals surface area contributed by atoms with Crippen LogP contribution in [-0.2, 0) is 33.2 Å². The predicted octanol–water partition coefficient (Wildman–Crippen LogP) is 4.01. The molecule has 0 radical (unpaired) electrons. The number of carbonyl (C=O) groups is 1. The molecule has 298 valence electrons. The standard InChI is InChI=1S/C38H46N2O15/c1-44-19-51-28-13-24-27(14-29(28)52-20-45-2)39-16-25(35(24)41)26-18-50-30-15-31(53-21-46-3)37(54-22-47-4)34(33(30)36(26)42)38(43)49-12-10-40-9-8-23(17-40)55-32-7-5-6-11-48-32/h13-16,18,23,32H,5-12,17,19-22H2,1-4H3,(H,39,41). The SMILES string of the molecule is COCOc1cc2[nH]cc(-c3coc4cc(OCOC)c(OCOC)c(C(=O)OCCN5CCC(OC6CCCCO6)C5)c4c3=O)c(=O)c2cc1OCOC. The Morgan fingerprint density at radius 3 is 2.25 bits per heavy atom. The second-order valence-corrected chi connectivity index (χ2v) is 12.8. The molecule has 1 N–H and O–H groups in total. The van der Waals surface area contributed by atoms with Gasteiger partial charge in [0.05, 0.1) is 33.5 Å². The lowest BCUT2D eigenvalue weighted by Gasteiger charge is -2.26. The molecule has 2 atom stereocenters. The highest BCUT2D eigenvalue weighted by Gasteiger charge is 2.30. The summed E-state index contributed by atoms with van der Waals surface area (Å²) in [5.41, 5.74) is -1.27. The van der Waals surface area contributed by atoms with Gasteiger partial charge in [0.1, 0.15) is 24.0 Å². The van der Waals surface area contributed by atoms with Gasteiger partial charge < -0.3 is 61.5 Å². The van der Waals surface area contributed by atoms with E-state index in [-0.39, 0.29) is 96.5 Å². The van der Waals surface area contributed by atoms with Crippen LogP contribution in [0.4, 0.5) is 0 Å². The van der Waals surface area contributed by atoms with Crippen molar-refractivity contribution in [2.75, 3.05) is 88.5 Å². The number of rotatable bonds is 19. The predicted molar refractivity (Wildman–Crippen MR) is 196 cm³/mol. The molecule has 2 saturated heterocycles. The van der Waals surface area contributed by atoms with E-state index in [1.807, 2.05) is 0 Å². The number of fused-ring (bicyclic) bond motifs is 2. The molecule has 2 fully saturated rings. The van der Waals surface area contributed by atoms with Gasteiger partial charge in [-0.1, -0.05) is 0 Å². The fourth-order valence-electron chi connectivity index (χ4n) is 6.50. The quantitative estimate of drug-likeness (QED) is 0.106. The highest BCUT2D eigenvalue weighted by Crippen LogP contribution is 2.39. The van der Waals surface area contributed by atoms with Crippen LogP contribution < -0.4 is 29.8 Å². The minimum Gasteiger partial charge on any atom is -0.464 e. The molecule has 2 aliphatic rings. The Bertz CT molecular complexity index is 2040. The number of aromatic amines is 1. The van der Waals surface area contributed by atoms with Crippen molar-refractivity contribution in [3.8, 4) is 34.1 Å². The lowest BCUT2D eigenvalue weighted by Crippen LogP contribution is -2.31. The zero-order chi connectivity index (χ0) is 38.7. The topological polar surface area (TPSA) is 185 Å². The fraction of sp³-hybridized carbons (Fsp3) is 0.500. The number of esters is 1. The van der Waals surface area contributed by atoms with Gasteiger partial charge in [0.25, 0.3) is 0 Å². The number of hydrogen-bond acceptors (Lipinski definition) is 16. The lowest BCUT2D eigenvalue weighted by molar-refractivity contribution is -0.185. The average molecular weight is 771 g/mol. The number of pyridine rings is 1. The van der Waals surface area contributed by atoms with E-state index in [1.54, 1.807) is 6.07 Å². The van der Waals surface area contributed by atoms with Crippen molar-refractivity contribution < 1.29 is 61.3 Å². The summed E-state index contributed by atoms with van der Waals surface area (Å²) < 4.78 is 66.8. The number of methoxy groups -OCH3 is 4. The summed E-state index contributed by atoms with van der Waals surface area (Å²) in [6, 6.07) is 4.44. The zero-order valence-corrected chi connectivity index (χ0v) is 31.3. The summed E-state index contributed by atoms with van der Waals surface area (Å²) >= 11 is 0. The van der Waals surface area contributed by atoms with Crippen molar-refractivity contribution in [3.63, 3.8) is 0 Å². The van der Waals surface area contributed by atoms with Gasteiger partial charge in [-0.3, -0.25) is 14.5 Å². The van der Waals surface area contributed by atoms with Crippen molar-refractivity contribution in [1.29, 1.82) is 0 Å². The molecule has 2 aromatic heterocycles. The molecule has 4 heterocycles. The second kappa shape index (κ2) is 19.2. The van der Waals surface area contributed by atoms with E-state index in [1.165, 1.54) is 46.8 Å². The van der Waals surface area contributed by atoms with Gasteiger partial charge in [-0.05, 0) is 31.7 Å². The van der Waals surface area contributed by atoms with Gasteiger partial charge in [-0.25, -0.2) is 4.79 Å². The number of nitrogens with zero attached hydrogens (tertiary/aromatic N) is 1. The summed E-state index contributed by atoms with van der Waals surface area (Å²) in [6.45, 7) is 1.85. The van der Waals surface area contributed by atoms with E-state index in [2.05, 4.69) is 9.88 Å². The Kier molecular flexibility index (Phi) is 13.9. The first-order valence-electron chi connectivity index (χ1n) is 17.8. The number of carbonyl (C=O) groups excluding carboxylic acids is 1. The Hall–Kier alpha value is -4.75. The Morgan fingerprint density at radius 2 is 1.55 bits per heavy atom. The summed E-state index contributed by atoms with van der Waals surface area (Å²) in [4.78, 5) is 47.7. The molecule has 4 aromatic rings. The van der Waals surface area contributed by atoms with Crippen LogP contribution in [0.3, 0.4) is 0 Å².